The molecule has 1 saturated heterocycles. The molecule has 1 N–H and O–H groups in total. The highest BCUT2D eigenvalue weighted by Crippen LogP contribution is 2.26. The summed E-state index contributed by atoms with van der Waals surface area (Å²) in [7, 11) is 1.69. The summed E-state index contributed by atoms with van der Waals surface area (Å²) in [6.07, 6.45) is 0. The van der Waals surface area contributed by atoms with E-state index in [2.05, 4.69) is 34.7 Å². The van der Waals surface area contributed by atoms with E-state index >= 15 is 0 Å². The highest BCUT2D eigenvalue weighted by molar-refractivity contribution is 7.13. The topological polar surface area (TPSA) is 37.4 Å². The van der Waals surface area contributed by atoms with Crippen LogP contribution in [0.15, 0.2) is 29.6 Å². The molecule has 1 aromatic carbocycles. The minimum Gasteiger partial charge on any atom is -0.497 e. The van der Waals surface area contributed by atoms with Crippen LogP contribution in [0.3, 0.4) is 0 Å². The van der Waals surface area contributed by atoms with E-state index in [1.54, 1.807) is 18.4 Å². The summed E-state index contributed by atoms with van der Waals surface area (Å²) in [6, 6.07) is 8.66. The van der Waals surface area contributed by atoms with Gasteiger partial charge in [-0.15, -0.1) is 11.3 Å². The quantitative estimate of drug-likeness (QED) is 0.942. The summed E-state index contributed by atoms with van der Waals surface area (Å²) < 4.78 is 5.19. The van der Waals surface area contributed by atoms with Crippen molar-refractivity contribution in [3.05, 3.63) is 35.3 Å². The Balaban J connectivity index is 1.67. The fraction of sp³-hybridized carbons (Fsp3) is 0.438. The molecule has 0 saturated carbocycles. The zero-order chi connectivity index (χ0) is 14.7. The summed E-state index contributed by atoms with van der Waals surface area (Å²) in [4.78, 5) is 7.24. The first kappa shape index (κ1) is 14.5. The summed E-state index contributed by atoms with van der Waals surface area (Å²) in [5, 5.41) is 6.72. The predicted molar refractivity (Wildman–Crippen MR) is 86.8 cm³/mol. The van der Waals surface area contributed by atoms with Gasteiger partial charge in [-0.1, -0.05) is 0 Å². The van der Waals surface area contributed by atoms with E-state index in [0.717, 1.165) is 42.5 Å². The summed E-state index contributed by atoms with van der Waals surface area (Å²) >= 11 is 1.71. The van der Waals surface area contributed by atoms with Gasteiger partial charge in [0.15, 0.2) is 0 Å². The number of aromatic nitrogens is 1. The van der Waals surface area contributed by atoms with Gasteiger partial charge in [-0.25, -0.2) is 4.98 Å². The van der Waals surface area contributed by atoms with E-state index in [1.165, 1.54) is 5.69 Å². The fourth-order valence-corrected chi connectivity index (χ4v) is 3.45. The number of methoxy groups -OCH3 is 1. The maximum Gasteiger partial charge on any atom is 0.123 e. The largest absolute Gasteiger partial charge is 0.497 e. The number of nitrogens with one attached hydrogen (secondary N) is 1. The Labute approximate surface area is 129 Å². The Kier molecular flexibility index (Phi) is 4.53. The number of benzene rings is 1. The molecule has 1 unspecified atom stereocenters. The molecule has 112 valence electrons. The van der Waals surface area contributed by atoms with E-state index < -0.39 is 0 Å². The Hall–Kier alpha value is -1.43. The van der Waals surface area contributed by atoms with Crippen molar-refractivity contribution in [3.63, 3.8) is 0 Å². The molecule has 4 nitrogen and oxygen atoms in total. The van der Waals surface area contributed by atoms with Crippen LogP contribution in [0, 0.1) is 0 Å². The predicted octanol–water partition coefficient (Wildman–Crippen LogP) is 2.61. The maximum absolute atomic E-state index is 5.19. The Morgan fingerprint density at radius 2 is 2.19 bits per heavy atom. The van der Waals surface area contributed by atoms with E-state index in [0.29, 0.717) is 6.04 Å². The third-order valence-electron chi connectivity index (χ3n) is 3.73. The maximum atomic E-state index is 5.19. The van der Waals surface area contributed by atoms with Crippen molar-refractivity contribution < 1.29 is 4.74 Å². The van der Waals surface area contributed by atoms with Gasteiger partial charge in [0.05, 0.1) is 12.8 Å². The molecule has 1 aromatic heterocycles. The zero-order valence-electron chi connectivity index (χ0n) is 12.5. The van der Waals surface area contributed by atoms with Crippen LogP contribution in [0.1, 0.15) is 12.6 Å². The van der Waals surface area contributed by atoms with Crippen molar-refractivity contribution in [3.8, 4) is 16.3 Å². The normalized spacial score (nSPS) is 19.6. The standard InChI is InChI=1S/C16H21N3OS/c1-12-9-19(8-7-17-12)10-14-11-21-16(18-14)13-3-5-15(20-2)6-4-13/h3-6,11-12,17H,7-10H2,1-2H3. The van der Waals surface area contributed by atoms with Crippen LogP contribution >= 0.6 is 11.3 Å². The molecular weight excluding hydrogens is 282 g/mol. The van der Waals surface area contributed by atoms with Crippen molar-refractivity contribution >= 4 is 11.3 Å². The molecule has 1 aliphatic rings. The lowest BCUT2D eigenvalue weighted by Gasteiger charge is -2.31. The van der Waals surface area contributed by atoms with Crippen LogP contribution in [-0.2, 0) is 6.54 Å². The Bertz CT molecular complexity index is 581. The lowest BCUT2D eigenvalue weighted by molar-refractivity contribution is 0.198. The molecule has 1 aliphatic heterocycles. The third kappa shape index (κ3) is 3.61. The molecular formula is C16H21N3OS. The monoisotopic (exact) mass is 303 g/mol. The van der Waals surface area contributed by atoms with Crippen LogP contribution in [0.25, 0.3) is 10.6 Å². The first-order chi connectivity index (χ1) is 10.2. The number of rotatable bonds is 4. The van der Waals surface area contributed by atoms with Gasteiger partial charge in [0.25, 0.3) is 0 Å². The average Bonchev–Trinajstić information content (AvgIpc) is 2.96. The van der Waals surface area contributed by atoms with Gasteiger partial charge in [-0.2, -0.15) is 0 Å². The van der Waals surface area contributed by atoms with Crippen LogP contribution in [0.2, 0.25) is 0 Å². The SMILES string of the molecule is COc1ccc(-c2nc(CN3CCNC(C)C3)cs2)cc1. The molecule has 2 heterocycles. The molecule has 0 spiro atoms. The second-order valence-electron chi connectivity index (χ2n) is 5.46. The molecule has 5 heteroatoms. The third-order valence-corrected chi connectivity index (χ3v) is 4.67. The molecule has 0 bridgehead atoms. The van der Waals surface area contributed by atoms with Crippen molar-refractivity contribution in [2.75, 3.05) is 26.7 Å². The van der Waals surface area contributed by atoms with Crippen molar-refractivity contribution in [2.24, 2.45) is 0 Å². The van der Waals surface area contributed by atoms with Crippen LogP contribution in [-0.4, -0.2) is 42.7 Å². The molecule has 21 heavy (non-hydrogen) atoms. The summed E-state index contributed by atoms with van der Waals surface area (Å²) in [6.45, 7) is 6.43. The van der Waals surface area contributed by atoms with Crippen LogP contribution < -0.4 is 10.1 Å². The second kappa shape index (κ2) is 6.56. The van der Waals surface area contributed by atoms with Gasteiger partial charge in [0, 0.05) is 43.2 Å². The number of hydrogen-bond donors (Lipinski definition) is 1. The molecule has 0 aliphatic carbocycles. The van der Waals surface area contributed by atoms with E-state index in [9.17, 15) is 0 Å². The van der Waals surface area contributed by atoms with Gasteiger partial charge in [0.1, 0.15) is 10.8 Å². The van der Waals surface area contributed by atoms with Crippen molar-refractivity contribution in [1.82, 2.24) is 15.2 Å². The summed E-state index contributed by atoms with van der Waals surface area (Å²) in [5.41, 5.74) is 2.32. The van der Waals surface area contributed by atoms with Gasteiger partial charge in [0.2, 0.25) is 0 Å². The Morgan fingerprint density at radius 3 is 2.90 bits per heavy atom. The molecule has 1 fully saturated rings. The molecule has 0 radical (unpaired) electrons. The van der Waals surface area contributed by atoms with Crippen LogP contribution in [0.4, 0.5) is 0 Å². The molecule has 1 atom stereocenters. The minimum atomic E-state index is 0.568. The van der Waals surface area contributed by atoms with Crippen molar-refractivity contribution in [2.45, 2.75) is 19.5 Å². The van der Waals surface area contributed by atoms with E-state index in [-0.39, 0.29) is 0 Å². The molecule has 3 rings (SSSR count). The lowest BCUT2D eigenvalue weighted by atomic mass is 10.2. The van der Waals surface area contributed by atoms with Crippen molar-refractivity contribution in [1.29, 1.82) is 0 Å². The fourth-order valence-electron chi connectivity index (χ4n) is 2.63. The highest BCUT2D eigenvalue weighted by atomic mass is 32.1. The second-order valence-corrected chi connectivity index (χ2v) is 6.32. The molecule has 0 amide bonds. The number of thiazole rings is 1. The first-order valence-corrected chi connectivity index (χ1v) is 8.17. The minimum absolute atomic E-state index is 0.568. The zero-order valence-corrected chi connectivity index (χ0v) is 13.3. The number of hydrogen-bond acceptors (Lipinski definition) is 5. The average molecular weight is 303 g/mol. The van der Waals surface area contributed by atoms with Gasteiger partial charge >= 0.3 is 0 Å². The van der Waals surface area contributed by atoms with Crippen LogP contribution in [0.5, 0.6) is 5.75 Å². The van der Waals surface area contributed by atoms with E-state index in [1.807, 2.05) is 12.1 Å². The van der Waals surface area contributed by atoms with Gasteiger partial charge < -0.3 is 10.1 Å². The number of piperazine rings is 1. The van der Waals surface area contributed by atoms with Gasteiger partial charge in [-0.3, -0.25) is 4.90 Å². The van der Waals surface area contributed by atoms with E-state index in [4.69, 9.17) is 9.72 Å². The summed E-state index contributed by atoms with van der Waals surface area (Å²) in [5.74, 6) is 0.880. The smallest absolute Gasteiger partial charge is 0.123 e. The first-order valence-electron chi connectivity index (χ1n) is 7.29. The van der Waals surface area contributed by atoms with Gasteiger partial charge in [-0.05, 0) is 31.2 Å². The lowest BCUT2D eigenvalue weighted by Crippen LogP contribution is -2.48. The Morgan fingerprint density at radius 1 is 1.38 bits per heavy atom. The highest BCUT2D eigenvalue weighted by Gasteiger charge is 2.16. The number of ether oxygens (including phenoxy) is 1. The molecule has 2 aromatic rings. The number of nitrogens with zero attached hydrogens (tertiary/aromatic N) is 2.